The van der Waals surface area contributed by atoms with Crippen molar-refractivity contribution in [1.82, 2.24) is 15.5 Å². The number of hydrogen-bond acceptors (Lipinski definition) is 3. The van der Waals surface area contributed by atoms with E-state index in [0.29, 0.717) is 12.5 Å². The molecule has 0 saturated carbocycles. The van der Waals surface area contributed by atoms with Gasteiger partial charge in [0.15, 0.2) is 17.5 Å². The molecule has 144 valence electrons. The molecule has 1 unspecified atom stereocenters. The van der Waals surface area contributed by atoms with Crippen molar-refractivity contribution in [3.05, 3.63) is 30.1 Å². The molecule has 7 heteroatoms. The van der Waals surface area contributed by atoms with Crippen LogP contribution in [0.15, 0.2) is 29.3 Å². The predicted molar refractivity (Wildman–Crippen MR) is 114 cm³/mol. The van der Waals surface area contributed by atoms with Gasteiger partial charge in [0.05, 0.1) is 6.54 Å². The lowest BCUT2D eigenvalue weighted by Crippen LogP contribution is -2.46. The van der Waals surface area contributed by atoms with E-state index in [1.807, 2.05) is 6.92 Å². The lowest BCUT2D eigenvalue weighted by atomic mass is 9.93. The van der Waals surface area contributed by atoms with E-state index < -0.39 is 0 Å². The van der Waals surface area contributed by atoms with Gasteiger partial charge < -0.3 is 20.3 Å². The third-order valence-corrected chi connectivity index (χ3v) is 3.42. The second-order valence-corrected chi connectivity index (χ2v) is 7.07. The van der Waals surface area contributed by atoms with Crippen LogP contribution in [-0.2, 0) is 0 Å². The summed E-state index contributed by atoms with van der Waals surface area (Å²) in [6.45, 7) is 8.61. The molecule has 2 N–H and O–H groups in total. The molecule has 0 radical (unpaired) electrons. The smallest absolute Gasteiger partial charge is 0.191 e. The van der Waals surface area contributed by atoms with E-state index in [4.69, 9.17) is 4.74 Å². The second kappa shape index (κ2) is 11.5. The van der Waals surface area contributed by atoms with Gasteiger partial charge in [0.25, 0.3) is 0 Å². The minimum Gasteiger partial charge on any atom is -0.486 e. The van der Waals surface area contributed by atoms with Crippen LogP contribution in [0.25, 0.3) is 0 Å². The highest BCUT2D eigenvalue weighted by Crippen LogP contribution is 2.17. The Morgan fingerprint density at radius 3 is 2.48 bits per heavy atom. The van der Waals surface area contributed by atoms with E-state index in [0.717, 1.165) is 13.1 Å². The quantitative estimate of drug-likeness (QED) is 0.352. The number of nitrogens with one attached hydrogen (secondary N) is 2. The maximum absolute atomic E-state index is 13.6. The summed E-state index contributed by atoms with van der Waals surface area (Å²) in [5.41, 5.74) is 0.121. The zero-order chi connectivity index (χ0) is 18.2. The Morgan fingerprint density at radius 1 is 1.28 bits per heavy atom. The molecule has 0 aliphatic rings. The number of nitrogens with zero attached hydrogens (tertiary/aromatic N) is 2. The molecule has 0 aliphatic carbocycles. The van der Waals surface area contributed by atoms with Gasteiger partial charge in [-0.3, -0.25) is 4.99 Å². The molecular weight excluding hydrogens is 434 g/mol. The van der Waals surface area contributed by atoms with Crippen LogP contribution in [0.1, 0.15) is 20.8 Å². The Bertz CT molecular complexity index is 538. The topological polar surface area (TPSA) is 48.9 Å². The van der Waals surface area contributed by atoms with Crippen molar-refractivity contribution in [2.24, 2.45) is 10.4 Å². The first-order valence-electron chi connectivity index (χ1n) is 8.24. The van der Waals surface area contributed by atoms with Crippen molar-refractivity contribution >= 4 is 29.9 Å². The van der Waals surface area contributed by atoms with Crippen LogP contribution in [0.5, 0.6) is 5.75 Å². The third-order valence-electron chi connectivity index (χ3n) is 3.42. The molecule has 0 aliphatic heterocycles. The molecule has 0 bridgehead atoms. The summed E-state index contributed by atoms with van der Waals surface area (Å²) < 4.78 is 19.2. The summed E-state index contributed by atoms with van der Waals surface area (Å²) in [4.78, 5) is 6.39. The van der Waals surface area contributed by atoms with Crippen LogP contribution in [0, 0.1) is 11.2 Å². The average Bonchev–Trinajstić information content (AvgIpc) is 2.48. The number of hydrogen-bond donors (Lipinski definition) is 2. The van der Waals surface area contributed by atoms with Gasteiger partial charge in [-0.2, -0.15) is 0 Å². The number of rotatable bonds is 8. The molecule has 0 heterocycles. The number of aliphatic imine (C=N–C) groups is 1. The molecule has 5 nitrogen and oxygen atoms in total. The van der Waals surface area contributed by atoms with Gasteiger partial charge in [0.1, 0.15) is 6.10 Å². The first kappa shape index (κ1) is 23.9. The molecule has 0 spiro atoms. The van der Waals surface area contributed by atoms with Crippen LogP contribution in [-0.4, -0.2) is 57.7 Å². The summed E-state index contributed by atoms with van der Waals surface area (Å²) in [5.74, 6) is 0.630. The molecule has 1 aromatic carbocycles. The average molecular weight is 466 g/mol. The van der Waals surface area contributed by atoms with Gasteiger partial charge >= 0.3 is 0 Å². The number of ether oxygens (including phenoxy) is 1. The van der Waals surface area contributed by atoms with Crippen LogP contribution in [0.3, 0.4) is 0 Å². The van der Waals surface area contributed by atoms with Gasteiger partial charge in [-0.1, -0.05) is 26.0 Å². The fraction of sp³-hybridized carbons (Fsp3) is 0.611. The highest BCUT2D eigenvalue weighted by atomic mass is 127. The summed E-state index contributed by atoms with van der Waals surface area (Å²) in [6.07, 6.45) is -0.185. The van der Waals surface area contributed by atoms with E-state index in [2.05, 4.69) is 48.5 Å². The summed E-state index contributed by atoms with van der Waals surface area (Å²) in [5, 5.41) is 6.54. The SMILES string of the molecule is CN=C(NCC(C)Oc1ccccc1F)NCC(C)(C)CN(C)C.I. The monoisotopic (exact) mass is 466 g/mol. The minimum absolute atomic E-state index is 0. The minimum atomic E-state index is -0.350. The fourth-order valence-corrected chi connectivity index (χ4v) is 2.49. The van der Waals surface area contributed by atoms with Crippen molar-refractivity contribution < 1.29 is 9.13 Å². The van der Waals surface area contributed by atoms with Gasteiger partial charge in [-0.05, 0) is 38.6 Å². The van der Waals surface area contributed by atoms with Crippen LogP contribution in [0.2, 0.25) is 0 Å². The Labute approximate surface area is 168 Å². The first-order chi connectivity index (χ1) is 11.2. The molecule has 0 aromatic heterocycles. The number of para-hydroxylation sites is 1. The van der Waals surface area contributed by atoms with Crippen molar-refractivity contribution in [3.8, 4) is 5.75 Å². The molecule has 0 fully saturated rings. The van der Waals surface area contributed by atoms with Crippen LogP contribution < -0.4 is 15.4 Å². The molecule has 1 aromatic rings. The molecule has 1 rings (SSSR count). The van der Waals surface area contributed by atoms with Gasteiger partial charge in [-0.25, -0.2) is 4.39 Å². The summed E-state index contributed by atoms with van der Waals surface area (Å²) >= 11 is 0. The molecular formula is C18H32FIN4O. The highest BCUT2D eigenvalue weighted by Gasteiger charge is 2.19. The zero-order valence-corrected chi connectivity index (χ0v) is 18.4. The lowest BCUT2D eigenvalue weighted by Gasteiger charge is -2.29. The van der Waals surface area contributed by atoms with E-state index >= 15 is 0 Å². The maximum Gasteiger partial charge on any atom is 0.191 e. The van der Waals surface area contributed by atoms with Gasteiger partial charge in [0, 0.05) is 20.1 Å². The number of benzene rings is 1. The summed E-state index contributed by atoms with van der Waals surface area (Å²) in [6, 6.07) is 6.42. The Morgan fingerprint density at radius 2 is 1.92 bits per heavy atom. The van der Waals surface area contributed by atoms with Crippen molar-refractivity contribution in [1.29, 1.82) is 0 Å². The van der Waals surface area contributed by atoms with Gasteiger partial charge in [0.2, 0.25) is 0 Å². The van der Waals surface area contributed by atoms with Crippen molar-refractivity contribution in [3.63, 3.8) is 0 Å². The number of guanidine groups is 1. The van der Waals surface area contributed by atoms with Crippen LogP contribution >= 0.6 is 24.0 Å². The predicted octanol–water partition coefficient (Wildman–Crippen LogP) is 2.96. The maximum atomic E-state index is 13.6. The van der Waals surface area contributed by atoms with E-state index in [1.165, 1.54) is 6.07 Å². The van der Waals surface area contributed by atoms with E-state index in [1.54, 1.807) is 25.2 Å². The first-order valence-corrected chi connectivity index (χ1v) is 8.24. The number of halogens is 2. The second-order valence-electron chi connectivity index (χ2n) is 7.07. The van der Waals surface area contributed by atoms with Crippen LogP contribution in [0.4, 0.5) is 4.39 Å². The largest absolute Gasteiger partial charge is 0.486 e. The Hall–Kier alpha value is -1.09. The van der Waals surface area contributed by atoms with Crippen molar-refractivity contribution in [2.75, 3.05) is 40.8 Å². The Balaban J connectivity index is 0.00000576. The highest BCUT2D eigenvalue weighted by molar-refractivity contribution is 14.0. The Kier molecular flexibility index (Phi) is 11.0. The molecule has 0 amide bonds. The normalized spacial score (nSPS) is 13.2. The molecule has 25 heavy (non-hydrogen) atoms. The van der Waals surface area contributed by atoms with E-state index in [-0.39, 0.29) is 47.1 Å². The lowest BCUT2D eigenvalue weighted by molar-refractivity contribution is 0.213. The molecule has 0 saturated heterocycles. The van der Waals surface area contributed by atoms with Gasteiger partial charge in [-0.15, -0.1) is 24.0 Å². The third kappa shape index (κ3) is 9.84. The standard InChI is InChI=1S/C18H31FN4O.HI/c1-14(24-16-10-8-7-9-15(16)19)11-21-17(20-4)22-12-18(2,3)13-23(5)6;/h7-10,14H,11-13H2,1-6H3,(H2,20,21,22);1H. The van der Waals surface area contributed by atoms with E-state index in [9.17, 15) is 4.39 Å². The van der Waals surface area contributed by atoms with Crippen molar-refractivity contribution in [2.45, 2.75) is 26.9 Å². The summed E-state index contributed by atoms with van der Waals surface area (Å²) in [7, 11) is 5.86. The fourth-order valence-electron chi connectivity index (χ4n) is 2.49. The zero-order valence-electron chi connectivity index (χ0n) is 16.1. The molecule has 1 atom stereocenters.